The van der Waals surface area contributed by atoms with E-state index in [0.29, 0.717) is 12.4 Å². The molecule has 0 saturated heterocycles. The van der Waals surface area contributed by atoms with Crippen molar-refractivity contribution >= 4 is 23.6 Å². The number of hydrogen-bond acceptors (Lipinski definition) is 4. The minimum Gasteiger partial charge on any atom is -0.465 e. The summed E-state index contributed by atoms with van der Waals surface area (Å²) in [5, 5.41) is 0. The van der Waals surface area contributed by atoms with Crippen molar-refractivity contribution in [2.45, 2.75) is 11.8 Å². The van der Waals surface area contributed by atoms with Crippen molar-refractivity contribution in [2.75, 3.05) is 26.0 Å². The van der Waals surface area contributed by atoms with Gasteiger partial charge in [-0.05, 0) is 19.1 Å². The molecular formula is C13H17NO3S. The lowest BCUT2D eigenvalue weighted by atomic mass is 10.4. The Morgan fingerprint density at radius 3 is 2.56 bits per heavy atom. The molecule has 0 spiro atoms. The number of carbonyl (C=O) groups excluding carboxylic acids is 2. The molecule has 5 heteroatoms. The van der Waals surface area contributed by atoms with E-state index in [1.165, 1.54) is 16.7 Å². The van der Waals surface area contributed by atoms with Crippen molar-refractivity contribution in [2.24, 2.45) is 0 Å². The molecule has 0 aliphatic carbocycles. The zero-order valence-corrected chi connectivity index (χ0v) is 11.4. The van der Waals surface area contributed by atoms with Crippen LogP contribution in [0.4, 0.5) is 0 Å². The largest absolute Gasteiger partial charge is 0.465 e. The molecule has 1 amide bonds. The Morgan fingerprint density at radius 2 is 1.94 bits per heavy atom. The van der Waals surface area contributed by atoms with Crippen molar-refractivity contribution in [1.29, 1.82) is 0 Å². The van der Waals surface area contributed by atoms with Crippen molar-refractivity contribution in [3.05, 3.63) is 30.3 Å². The zero-order chi connectivity index (χ0) is 13.4. The van der Waals surface area contributed by atoms with E-state index in [0.717, 1.165) is 4.90 Å². The third-order valence-corrected chi connectivity index (χ3v) is 3.20. The molecule has 0 aliphatic heterocycles. The summed E-state index contributed by atoms with van der Waals surface area (Å²) in [6, 6.07) is 9.68. The van der Waals surface area contributed by atoms with E-state index in [1.54, 1.807) is 14.0 Å². The minimum absolute atomic E-state index is 0.00201. The molecule has 0 radical (unpaired) electrons. The molecule has 98 valence electrons. The van der Waals surface area contributed by atoms with Crippen LogP contribution in [0.3, 0.4) is 0 Å². The second-order valence-electron chi connectivity index (χ2n) is 3.66. The van der Waals surface area contributed by atoms with Gasteiger partial charge in [-0.2, -0.15) is 0 Å². The number of carbonyl (C=O) groups is 2. The first-order valence-corrected chi connectivity index (χ1v) is 6.69. The number of rotatable bonds is 6. The number of esters is 1. The Hall–Kier alpha value is -1.49. The first kappa shape index (κ1) is 14.6. The summed E-state index contributed by atoms with van der Waals surface area (Å²) >= 11 is 1.45. The SMILES string of the molecule is CCOC(=O)CN(C)C(=O)CSc1ccccc1. The normalized spacial score (nSPS) is 9.89. The second kappa shape index (κ2) is 7.76. The topological polar surface area (TPSA) is 46.6 Å². The lowest BCUT2D eigenvalue weighted by Gasteiger charge is -2.15. The first-order valence-electron chi connectivity index (χ1n) is 5.71. The van der Waals surface area contributed by atoms with Crippen LogP contribution in [0.25, 0.3) is 0 Å². The Balaban J connectivity index is 2.34. The predicted octanol–water partition coefficient (Wildman–Crippen LogP) is 1.80. The van der Waals surface area contributed by atoms with Gasteiger partial charge in [-0.25, -0.2) is 0 Å². The lowest BCUT2D eigenvalue weighted by Crippen LogP contribution is -2.34. The van der Waals surface area contributed by atoms with Crippen LogP contribution < -0.4 is 0 Å². The van der Waals surface area contributed by atoms with E-state index in [1.807, 2.05) is 30.3 Å². The fourth-order valence-electron chi connectivity index (χ4n) is 1.26. The molecule has 0 unspecified atom stereocenters. The molecule has 0 N–H and O–H groups in total. The number of amides is 1. The molecule has 0 bridgehead atoms. The van der Waals surface area contributed by atoms with Gasteiger partial charge in [0.15, 0.2) is 0 Å². The number of hydrogen-bond donors (Lipinski definition) is 0. The van der Waals surface area contributed by atoms with E-state index in [2.05, 4.69) is 0 Å². The summed E-state index contributed by atoms with van der Waals surface area (Å²) in [5.41, 5.74) is 0. The monoisotopic (exact) mass is 267 g/mol. The van der Waals surface area contributed by atoms with Crippen LogP contribution in [0.15, 0.2) is 35.2 Å². The van der Waals surface area contributed by atoms with Gasteiger partial charge < -0.3 is 9.64 Å². The van der Waals surface area contributed by atoms with Gasteiger partial charge in [-0.1, -0.05) is 18.2 Å². The molecule has 0 fully saturated rings. The van der Waals surface area contributed by atoms with Gasteiger partial charge in [0.25, 0.3) is 0 Å². The maximum absolute atomic E-state index is 11.8. The van der Waals surface area contributed by atoms with Crippen LogP contribution in [0.2, 0.25) is 0 Å². The molecule has 1 aromatic rings. The van der Waals surface area contributed by atoms with Crippen LogP contribution in [0, 0.1) is 0 Å². The Labute approximate surface area is 111 Å². The lowest BCUT2D eigenvalue weighted by molar-refractivity contribution is -0.147. The Morgan fingerprint density at radius 1 is 1.28 bits per heavy atom. The summed E-state index contributed by atoms with van der Waals surface area (Å²) in [5.74, 6) is -0.144. The van der Waals surface area contributed by atoms with E-state index in [4.69, 9.17) is 4.74 Å². The fourth-order valence-corrected chi connectivity index (χ4v) is 2.12. The molecule has 0 heterocycles. The van der Waals surface area contributed by atoms with E-state index in [-0.39, 0.29) is 18.4 Å². The number of thioether (sulfide) groups is 1. The highest BCUT2D eigenvalue weighted by Crippen LogP contribution is 2.16. The number of nitrogens with zero attached hydrogens (tertiary/aromatic N) is 1. The van der Waals surface area contributed by atoms with Gasteiger partial charge in [0, 0.05) is 11.9 Å². The summed E-state index contributed by atoms with van der Waals surface area (Å²) < 4.78 is 4.79. The molecule has 1 rings (SSSR count). The van der Waals surface area contributed by atoms with Crippen LogP contribution in [0.1, 0.15) is 6.92 Å². The van der Waals surface area contributed by atoms with E-state index >= 15 is 0 Å². The molecule has 0 aliphatic rings. The smallest absolute Gasteiger partial charge is 0.325 e. The minimum atomic E-state index is -0.377. The summed E-state index contributed by atoms with van der Waals surface area (Å²) in [4.78, 5) is 25.4. The van der Waals surface area contributed by atoms with Crippen molar-refractivity contribution in [3.63, 3.8) is 0 Å². The molecule has 18 heavy (non-hydrogen) atoms. The van der Waals surface area contributed by atoms with Crippen LogP contribution >= 0.6 is 11.8 Å². The Bertz CT molecular complexity index is 394. The molecule has 0 saturated carbocycles. The van der Waals surface area contributed by atoms with Gasteiger partial charge in [-0.3, -0.25) is 9.59 Å². The second-order valence-corrected chi connectivity index (χ2v) is 4.71. The van der Waals surface area contributed by atoms with Crippen molar-refractivity contribution in [3.8, 4) is 0 Å². The average molecular weight is 267 g/mol. The zero-order valence-electron chi connectivity index (χ0n) is 10.6. The third kappa shape index (κ3) is 5.23. The molecule has 1 aromatic carbocycles. The van der Waals surface area contributed by atoms with Crippen molar-refractivity contribution < 1.29 is 14.3 Å². The maximum Gasteiger partial charge on any atom is 0.325 e. The molecule has 0 atom stereocenters. The maximum atomic E-state index is 11.8. The fraction of sp³-hybridized carbons (Fsp3) is 0.385. The summed E-state index contributed by atoms with van der Waals surface area (Å²) in [6.07, 6.45) is 0. The van der Waals surface area contributed by atoms with Gasteiger partial charge in [0.1, 0.15) is 6.54 Å². The van der Waals surface area contributed by atoms with Gasteiger partial charge in [-0.15, -0.1) is 11.8 Å². The van der Waals surface area contributed by atoms with E-state index < -0.39 is 0 Å². The van der Waals surface area contributed by atoms with Crippen LogP contribution in [0.5, 0.6) is 0 Å². The predicted molar refractivity (Wildman–Crippen MR) is 71.4 cm³/mol. The van der Waals surface area contributed by atoms with Crippen LogP contribution in [-0.2, 0) is 14.3 Å². The quantitative estimate of drug-likeness (QED) is 0.582. The highest BCUT2D eigenvalue weighted by atomic mass is 32.2. The molecule has 0 aromatic heterocycles. The molecule has 4 nitrogen and oxygen atoms in total. The van der Waals surface area contributed by atoms with Crippen LogP contribution in [-0.4, -0.2) is 42.7 Å². The third-order valence-electron chi connectivity index (χ3n) is 2.20. The number of likely N-dealkylation sites (N-methyl/N-ethyl adjacent to an activating group) is 1. The van der Waals surface area contributed by atoms with Crippen molar-refractivity contribution in [1.82, 2.24) is 4.90 Å². The number of ether oxygens (including phenoxy) is 1. The standard InChI is InChI=1S/C13H17NO3S/c1-3-17-13(16)9-14(2)12(15)10-18-11-7-5-4-6-8-11/h4-8H,3,9-10H2,1-2H3. The Kier molecular flexibility index (Phi) is 6.28. The summed E-state index contributed by atoms with van der Waals surface area (Å²) in [7, 11) is 1.60. The van der Waals surface area contributed by atoms with E-state index in [9.17, 15) is 9.59 Å². The van der Waals surface area contributed by atoms with Gasteiger partial charge in [0.05, 0.1) is 12.4 Å². The van der Waals surface area contributed by atoms with Gasteiger partial charge in [0.2, 0.25) is 5.91 Å². The summed E-state index contributed by atoms with van der Waals surface area (Å²) in [6.45, 7) is 2.08. The first-order chi connectivity index (χ1) is 8.63. The molecular weight excluding hydrogens is 250 g/mol. The highest BCUT2D eigenvalue weighted by molar-refractivity contribution is 8.00. The average Bonchev–Trinajstić information content (AvgIpc) is 2.37. The number of benzene rings is 1. The van der Waals surface area contributed by atoms with Gasteiger partial charge >= 0.3 is 5.97 Å². The highest BCUT2D eigenvalue weighted by Gasteiger charge is 2.13.